The van der Waals surface area contributed by atoms with Crippen molar-refractivity contribution in [3.8, 4) is 0 Å². The van der Waals surface area contributed by atoms with Crippen molar-refractivity contribution in [2.75, 3.05) is 5.32 Å². The number of hydrogen-bond donors (Lipinski definition) is 2. The van der Waals surface area contributed by atoms with Crippen LogP contribution in [-0.4, -0.2) is 18.2 Å². The summed E-state index contributed by atoms with van der Waals surface area (Å²) in [6.07, 6.45) is 1.47. The van der Waals surface area contributed by atoms with Gasteiger partial charge in [0.2, 0.25) is 0 Å². The lowest BCUT2D eigenvalue weighted by molar-refractivity contribution is -0.121. The number of rotatable bonds is 5. The van der Waals surface area contributed by atoms with Crippen molar-refractivity contribution >= 4 is 33.7 Å². The molecule has 0 aliphatic rings. The molecule has 21 heavy (non-hydrogen) atoms. The van der Waals surface area contributed by atoms with Crippen LogP contribution in [0.15, 0.2) is 50.4 Å². The Hall–Kier alpha value is -2.08. The number of anilines is 1. The van der Waals surface area contributed by atoms with E-state index in [1.165, 1.54) is 6.21 Å². The van der Waals surface area contributed by atoms with Crippen LogP contribution in [0.5, 0.6) is 0 Å². The molecule has 1 heterocycles. The van der Waals surface area contributed by atoms with Gasteiger partial charge in [-0.05, 0) is 50.2 Å². The Kier molecular flexibility index (Phi) is 5.16. The van der Waals surface area contributed by atoms with E-state index in [0.29, 0.717) is 5.76 Å². The molecule has 1 aromatic heterocycles. The summed E-state index contributed by atoms with van der Waals surface area (Å²) in [7, 11) is 0. The highest BCUT2D eigenvalue weighted by Gasteiger charge is 2.11. The van der Waals surface area contributed by atoms with Crippen LogP contribution in [0.4, 0.5) is 5.69 Å². The van der Waals surface area contributed by atoms with E-state index in [1.54, 1.807) is 13.0 Å². The van der Waals surface area contributed by atoms with E-state index in [4.69, 9.17) is 4.42 Å². The summed E-state index contributed by atoms with van der Waals surface area (Å²) in [4.78, 5) is 11.9. The second-order valence-corrected chi connectivity index (χ2v) is 5.47. The fourth-order valence-electron chi connectivity index (χ4n) is 1.64. The van der Waals surface area contributed by atoms with Gasteiger partial charge in [-0.15, -0.1) is 0 Å². The number of aryl methyl sites for hydroxylation is 1. The molecule has 2 rings (SSSR count). The summed E-state index contributed by atoms with van der Waals surface area (Å²) in [5, 5.41) is 6.96. The molecule has 110 valence electrons. The van der Waals surface area contributed by atoms with Crippen LogP contribution in [0.2, 0.25) is 0 Å². The summed E-state index contributed by atoms with van der Waals surface area (Å²) in [5.41, 5.74) is 3.34. The minimum absolute atomic E-state index is 0.225. The maximum absolute atomic E-state index is 11.9. The molecule has 0 aliphatic carbocycles. The average molecular weight is 350 g/mol. The van der Waals surface area contributed by atoms with Crippen molar-refractivity contribution in [3.63, 3.8) is 0 Å². The van der Waals surface area contributed by atoms with Crippen molar-refractivity contribution in [2.24, 2.45) is 5.10 Å². The van der Waals surface area contributed by atoms with E-state index in [2.05, 4.69) is 31.8 Å². The Morgan fingerprint density at radius 1 is 1.29 bits per heavy atom. The van der Waals surface area contributed by atoms with E-state index in [1.807, 2.05) is 37.3 Å². The number of hydrazone groups is 1. The Morgan fingerprint density at radius 3 is 2.62 bits per heavy atom. The summed E-state index contributed by atoms with van der Waals surface area (Å²) < 4.78 is 6.30. The smallest absolute Gasteiger partial charge is 0.262 e. The number of hydrogen-bond acceptors (Lipinski definition) is 4. The largest absolute Gasteiger partial charge is 0.460 e. The van der Waals surface area contributed by atoms with Crippen molar-refractivity contribution in [3.05, 3.63) is 52.4 Å². The Bertz CT molecular complexity index is 635. The second-order valence-electron chi connectivity index (χ2n) is 4.56. The molecule has 0 radical (unpaired) electrons. The fourth-order valence-corrected chi connectivity index (χ4v) is 1.91. The van der Waals surface area contributed by atoms with E-state index >= 15 is 0 Å². The number of nitrogens with zero attached hydrogens (tertiary/aromatic N) is 1. The summed E-state index contributed by atoms with van der Waals surface area (Å²) >= 11 is 3.36. The molecule has 0 aliphatic heterocycles. The van der Waals surface area contributed by atoms with Crippen molar-refractivity contribution < 1.29 is 9.21 Å². The molecule has 0 fully saturated rings. The first-order valence-electron chi connectivity index (χ1n) is 6.46. The van der Waals surface area contributed by atoms with Gasteiger partial charge in [0.25, 0.3) is 5.91 Å². The first-order valence-corrected chi connectivity index (χ1v) is 7.25. The molecule has 2 aromatic rings. The monoisotopic (exact) mass is 349 g/mol. The Balaban J connectivity index is 1.85. The van der Waals surface area contributed by atoms with Crippen molar-refractivity contribution in [1.82, 2.24) is 5.43 Å². The fraction of sp³-hybridized carbons (Fsp3) is 0.200. The minimum Gasteiger partial charge on any atom is -0.460 e. The summed E-state index contributed by atoms with van der Waals surface area (Å²) in [6.45, 7) is 3.62. The third kappa shape index (κ3) is 4.75. The topological polar surface area (TPSA) is 66.6 Å². The molecule has 0 saturated heterocycles. The van der Waals surface area contributed by atoms with Crippen LogP contribution >= 0.6 is 15.9 Å². The van der Waals surface area contributed by atoms with Crippen LogP contribution in [0.1, 0.15) is 18.4 Å². The molecule has 1 amide bonds. The van der Waals surface area contributed by atoms with Crippen molar-refractivity contribution in [2.45, 2.75) is 19.9 Å². The first kappa shape index (κ1) is 15.3. The van der Waals surface area contributed by atoms with Gasteiger partial charge < -0.3 is 9.73 Å². The lowest BCUT2D eigenvalue weighted by Crippen LogP contribution is -2.34. The normalized spacial score (nSPS) is 12.3. The van der Waals surface area contributed by atoms with Gasteiger partial charge >= 0.3 is 0 Å². The molecular weight excluding hydrogens is 334 g/mol. The molecule has 1 aromatic carbocycles. The highest BCUT2D eigenvalue weighted by Crippen LogP contribution is 2.14. The van der Waals surface area contributed by atoms with Crippen LogP contribution in [-0.2, 0) is 4.79 Å². The standard InChI is InChI=1S/C15H16BrN3O2/c1-10-3-8-14(21-10)9-17-19-15(20)11(2)18-13-6-4-12(16)5-7-13/h3-9,11,18H,1-2H3,(H,19,20)/b17-9+. The Morgan fingerprint density at radius 2 is 2.00 bits per heavy atom. The minimum atomic E-state index is -0.401. The zero-order valence-corrected chi connectivity index (χ0v) is 13.3. The Labute approximate surface area is 131 Å². The average Bonchev–Trinajstić information content (AvgIpc) is 2.87. The number of furan rings is 1. The zero-order valence-electron chi connectivity index (χ0n) is 11.8. The quantitative estimate of drug-likeness (QED) is 0.642. The van der Waals surface area contributed by atoms with E-state index in [9.17, 15) is 4.79 Å². The second kappa shape index (κ2) is 7.08. The number of halogens is 1. The molecule has 5 nitrogen and oxygen atoms in total. The van der Waals surface area contributed by atoms with E-state index in [-0.39, 0.29) is 5.91 Å². The molecule has 6 heteroatoms. The van der Waals surface area contributed by atoms with Gasteiger partial charge in [-0.2, -0.15) is 5.10 Å². The molecule has 0 bridgehead atoms. The van der Waals surface area contributed by atoms with Crippen molar-refractivity contribution in [1.29, 1.82) is 0 Å². The highest BCUT2D eigenvalue weighted by molar-refractivity contribution is 9.10. The predicted octanol–water partition coefficient (Wildman–Crippen LogP) is 3.30. The third-order valence-electron chi connectivity index (χ3n) is 2.75. The van der Waals surface area contributed by atoms with Gasteiger partial charge in [-0.1, -0.05) is 15.9 Å². The number of benzene rings is 1. The van der Waals surface area contributed by atoms with Gasteiger partial charge in [0.1, 0.15) is 17.6 Å². The first-order chi connectivity index (χ1) is 10.0. The molecule has 2 N–H and O–H groups in total. The number of carbonyl (C=O) groups is 1. The van der Waals surface area contributed by atoms with Gasteiger partial charge in [0, 0.05) is 10.2 Å². The predicted molar refractivity (Wildman–Crippen MR) is 86.4 cm³/mol. The lowest BCUT2D eigenvalue weighted by Gasteiger charge is -2.13. The number of nitrogens with one attached hydrogen (secondary N) is 2. The summed E-state index contributed by atoms with van der Waals surface area (Å²) in [6, 6.07) is 10.8. The third-order valence-corrected chi connectivity index (χ3v) is 3.28. The van der Waals surface area contributed by atoms with Crippen LogP contribution in [0.3, 0.4) is 0 Å². The summed E-state index contributed by atoms with van der Waals surface area (Å²) in [5.74, 6) is 1.17. The SMILES string of the molecule is Cc1ccc(/C=N/NC(=O)C(C)Nc2ccc(Br)cc2)o1. The highest BCUT2D eigenvalue weighted by atomic mass is 79.9. The van der Waals surface area contributed by atoms with Gasteiger partial charge in [-0.3, -0.25) is 4.79 Å². The van der Waals surface area contributed by atoms with Crippen LogP contribution in [0, 0.1) is 6.92 Å². The molecule has 0 spiro atoms. The van der Waals surface area contributed by atoms with E-state index < -0.39 is 6.04 Å². The van der Waals surface area contributed by atoms with Gasteiger partial charge in [0.05, 0.1) is 6.21 Å². The molecule has 0 saturated carbocycles. The number of amides is 1. The van der Waals surface area contributed by atoms with Gasteiger partial charge in [0.15, 0.2) is 0 Å². The van der Waals surface area contributed by atoms with Crippen LogP contribution < -0.4 is 10.7 Å². The molecular formula is C15H16BrN3O2. The maximum atomic E-state index is 11.9. The van der Waals surface area contributed by atoms with Crippen LogP contribution in [0.25, 0.3) is 0 Å². The maximum Gasteiger partial charge on any atom is 0.262 e. The molecule has 1 atom stereocenters. The van der Waals surface area contributed by atoms with E-state index in [0.717, 1.165) is 15.9 Å². The number of carbonyl (C=O) groups excluding carboxylic acids is 1. The molecule has 1 unspecified atom stereocenters. The lowest BCUT2D eigenvalue weighted by atomic mass is 10.2. The zero-order chi connectivity index (χ0) is 15.2. The van der Waals surface area contributed by atoms with Gasteiger partial charge in [-0.25, -0.2) is 5.43 Å².